The molecule has 0 spiro atoms. The predicted molar refractivity (Wildman–Crippen MR) is 92.7 cm³/mol. The van der Waals surface area contributed by atoms with Crippen molar-refractivity contribution in [3.63, 3.8) is 0 Å². The molecule has 1 saturated carbocycles. The third-order valence-electron chi connectivity index (χ3n) is 5.77. The van der Waals surface area contributed by atoms with Crippen molar-refractivity contribution in [1.29, 1.82) is 0 Å². The topological polar surface area (TPSA) is 15.3 Å². The molecule has 0 bridgehead atoms. The third-order valence-corrected chi connectivity index (χ3v) is 5.77. The van der Waals surface area contributed by atoms with Crippen LogP contribution >= 0.6 is 0 Å². The second kappa shape index (κ2) is 7.97. The quantitative estimate of drug-likeness (QED) is 0.728. The van der Waals surface area contributed by atoms with Crippen LogP contribution in [0.25, 0.3) is 0 Å². The first-order valence-electron chi connectivity index (χ1n) is 9.50. The number of nitrogens with one attached hydrogen (secondary N) is 1. The minimum Gasteiger partial charge on any atom is -0.314 e. The van der Waals surface area contributed by atoms with Gasteiger partial charge in [-0.15, -0.1) is 0 Å². The van der Waals surface area contributed by atoms with Crippen molar-refractivity contribution in [3.05, 3.63) is 0 Å². The average Bonchev–Trinajstić information content (AvgIpc) is 2.76. The summed E-state index contributed by atoms with van der Waals surface area (Å²) in [5.41, 5.74) is 0.540. The maximum absolute atomic E-state index is 3.78. The lowest BCUT2D eigenvalue weighted by Crippen LogP contribution is -2.47. The first kappa shape index (κ1) is 17.3. The summed E-state index contributed by atoms with van der Waals surface area (Å²) in [6.45, 7) is 13.3. The lowest BCUT2D eigenvalue weighted by molar-refractivity contribution is 0.0992. The maximum Gasteiger partial charge on any atom is 0.0119 e. The molecule has 1 saturated heterocycles. The van der Waals surface area contributed by atoms with Crippen LogP contribution in [0.2, 0.25) is 0 Å². The van der Waals surface area contributed by atoms with Gasteiger partial charge in [-0.05, 0) is 43.6 Å². The van der Waals surface area contributed by atoms with Gasteiger partial charge in [0, 0.05) is 25.2 Å². The second-order valence-corrected chi connectivity index (χ2v) is 8.37. The molecule has 2 heteroatoms. The Kier molecular flexibility index (Phi) is 6.55. The summed E-state index contributed by atoms with van der Waals surface area (Å²) >= 11 is 0. The molecular formula is C19H38N2. The molecule has 1 aliphatic heterocycles. The molecule has 2 nitrogen and oxygen atoms in total. The third kappa shape index (κ3) is 4.96. The Balaban J connectivity index is 2.03. The van der Waals surface area contributed by atoms with Gasteiger partial charge in [0.05, 0.1) is 0 Å². The van der Waals surface area contributed by atoms with Crippen molar-refractivity contribution in [2.45, 2.75) is 91.1 Å². The summed E-state index contributed by atoms with van der Waals surface area (Å²) in [4.78, 5) is 2.85. The van der Waals surface area contributed by atoms with E-state index in [2.05, 4.69) is 37.9 Å². The minimum atomic E-state index is 0.540. The zero-order valence-corrected chi connectivity index (χ0v) is 15.0. The van der Waals surface area contributed by atoms with Crippen LogP contribution in [0.4, 0.5) is 0 Å². The van der Waals surface area contributed by atoms with Gasteiger partial charge in [0.15, 0.2) is 0 Å². The van der Waals surface area contributed by atoms with Crippen molar-refractivity contribution >= 4 is 0 Å². The highest BCUT2D eigenvalue weighted by molar-refractivity contribution is 4.91. The van der Waals surface area contributed by atoms with E-state index in [4.69, 9.17) is 0 Å². The standard InChI is InChI=1S/C19H38N2/c1-16(2)18-10-9-13-21(18)15-19(14-20-17(3)4)11-7-5-6-8-12-19/h16-18,20H,5-15H2,1-4H3. The minimum absolute atomic E-state index is 0.540. The van der Waals surface area contributed by atoms with Gasteiger partial charge in [-0.25, -0.2) is 0 Å². The number of hydrogen-bond acceptors (Lipinski definition) is 2. The number of likely N-dealkylation sites (tertiary alicyclic amines) is 1. The number of hydrogen-bond donors (Lipinski definition) is 1. The molecule has 1 aliphatic carbocycles. The molecular weight excluding hydrogens is 256 g/mol. The van der Waals surface area contributed by atoms with Crippen LogP contribution in [0.15, 0.2) is 0 Å². The molecule has 1 N–H and O–H groups in total. The molecule has 0 radical (unpaired) electrons. The van der Waals surface area contributed by atoms with Gasteiger partial charge in [0.2, 0.25) is 0 Å². The normalized spacial score (nSPS) is 27.4. The Morgan fingerprint density at radius 2 is 1.67 bits per heavy atom. The van der Waals surface area contributed by atoms with Crippen LogP contribution in [-0.4, -0.2) is 36.6 Å². The zero-order valence-electron chi connectivity index (χ0n) is 15.0. The molecule has 0 aromatic rings. The van der Waals surface area contributed by atoms with Crippen LogP contribution in [0, 0.1) is 11.3 Å². The first-order valence-corrected chi connectivity index (χ1v) is 9.50. The van der Waals surface area contributed by atoms with Crippen LogP contribution in [0.5, 0.6) is 0 Å². The van der Waals surface area contributed by atoms with E-state index in [0.29, 0.717) is 11.5 Å². The van der Waals surface area contributed by atoms with Crippen molar-refractivity contribution in [2.75, 3.05) is 19.6 Å². The fourth-order valence-corrected chi connectivity index (χ4v) is 4.52. The predicted octanol–water partition coefficient (Wildman–Crippen LogP) is 4.45. The molecule has 0 aromatic carbocycles. The van der Waals surface area contributed by atoms with E-state index in [1.165, 1.54) is 71.0 Å². The Morgan fingerprint density at radius 3 is 2.24 bits per heavy atom. The monoisotopic (exact) mass is 294 g/mol. The summed E-state index contributed by atoms with van der Waals surface area (Å²) in [6.07, 6.45) is 11.5. The molecule has 0 amide bonds. The van der Waals surface area contributed by atoms with Crippen LogP contribution < -0.4 is 5.32 Å². The van der Waals surface area contributed by atoms with E-state index in [1.807, 2.05) is 0 Å². The van der Waals surface area contributed by atoms with Crippen molar-refractivity contribution in [1.82, 2.24) is 10.2 Å². The molecule has 21 heavy (non-hydrogen) atoms. The van der Waals surface area contributed by atoms with Crippen molar-refractivity contribution in [3.8, 4) is 0 Å². The Bertz CT molecular complexity index is 290. The molecule has 1 heterocycles. The highest BCUT2D eigenvalue weighted by atomic mass is 15.2. The summed E-state index contributed by atoms with van der Waals surface area (Å²) in [7, 11) is 0. The Labute approximate surface area is 133 Å². The molecule has 2 rings (SSSR count). The summed E-state index contributed by atoms with van der Waals surface area (Å²) in [5, 5.41) is 3.78. The molecule has 1 atom stereocenters. The van der Waals surface area contributed by atoms with E-state index >= 15 is 0 Å². The lowest BCUT2D eigenvalue weighted by Gasteiger charge is -2.40. The molecule has 124 valence electrons. The van der Waals surface area contributed by atoms with Gasteiger partial charge in [-0.1, -0.05) is 53.4 Å². The van der Waals surface area contributed by atoms with Gasteiger partial charge < -0.3 is 5.32 Å². The van der Waals surface area contributed by atoms with Crippen molar-refractivity contribution < 1.29 is 0 Å². The Morgan fingerprint density at radius 1 is 1.00 bits per heavy atom. The summed E-state index contributed by atoms with van der Waals surface area (Å²) < 4.78 is 0. The number of rotatable bonds is 6. The second-order valence-electron chi connectivity index (χ2n) is 8.37. The average molecular weight is 295 g/mol. The highest BCUT2D eigenvalue weighted by Crippen LogP contribution is 2.38. The van der Waals surface area contributed by atoms with Gasteiger partial charge >= 0.3 is 0 Å². The van der Waals surface area contributed by atoms with Gasteiger partial charge in [-0.3, -0.25) is 4.90 Å². The van der Waals surface area contributed by atoms with Crippen LogP contribution in [0.1, 0.15) is 79.1 Å². The lowest BCUT2D eigenvalue weighted by atomic mass is 9.79. The SMILES string of the molecule is CC(C)NCC1(CN2CCCC2C(C)C)CCCCCC1. The summed E-state index contributed by atoms with van der Waals surface area (Å²) in [5.74, 6) is 0.813. The highest BCUT2D eigenvalue weighted by Gasteiger charge is 2.37. The molecule has 2 aliphatic rings. The van der Waals surface area contributed by atoms with Gasteiger partial charge in [-0.2, -0.15) is 0 Å². The zero-order chi connectivity index (χ0) is 15.3. The van der Waals surface area contributed by atoms with E-state index in [1.54, 1.807) is 0 Å². The largest absolute Gasteiger partial charge is 0.314 e. The Hall–Kier alpha value is -0.0800. The van der Waals surface area contributed by atoms with Crippen LogP contribution in [-0.2, 0) is 0 Å². The fourth-order valence-electron chi connectivity index (χ4n) is 4.52. The summed E-state index contributed by atoms with van der Waals surface area (Å²) in [6, 6.07) is 1.45. The van der Waals surface area contributed by atoms with Crippen LogP contribution in [0.3, 0.4) is 0 Å². The van der Waals surface area contributed by atoms with E-state index < -0.39 is 0 Å². The maximum atomic E-state index is 3.78. The van der Waals surface area contributed by atoms with Gasteiger partial charge in [0.1, 0.15) is 0 Å². The molecule has 2 fully saturated rings. The van der Waals surface area contributed by atoms with Crippen molar-refractivity contribution in [2.24, 2.45) is 11.3 Å². The van der Waals surface area contributed by atoms with Gasteiger partial charge in [0.25, 0.3) is 0 Å². The number of nitrogens with zero attached hydrogens (tertiary/aromatic N) is 1. The smallest absolute Gasteiger partial charge is 0.0119 e. The first-order chi connectivity index (χ1) is 10.0. The van der Waals surface area contributed by atoms with E-state index in [0.717, 1.165) is 12.0 Å². The fraction of sp³-hybridized carbons (Fsp3) is 1.00. The molecule has 0 aromatic heterocycles. The van der Waals surface area contributed by atoms with E-state index in [9.17, 15) is 0 Å². The molecule has 1 unspecified atom stereocenters. The van der Waals surface area contributed by atoms with E-state index in [-0.39, 0.29) is 0 Å².